The zero-order valence-corrected chi connectivity index (χ0v) is 11.0. The highest BCUT2D eigenvalue weighted by Gasteiger charge is 2.05. The zero-order chi connectivity index (χ0) is 12.3. The van der Waals surface area contributed by atoms with E-state index in [0.29, 0.717) is 5.56 Å². The van der Waals surface area contributed by atoms with Gasteiger partial charge in [-0.2, -0.15) is 0 Å². The lowest BCUT2D eigenvalue weighted by Gasteiger charge is -2.06. The van der Waals surface area contributed by atoms with Crippen molar-refractivity contribution in [2.24, 2.45) is 0 Å². The molecule has 0 radical (unpaired) electrons. The summed E-state index contributed by atoms with van der Waals surface area (Å²) in [5.41, 5.74) is 2.58. The number of rotatable bonds is 2. The van der Waals surface area contributed by atoms with Crippen molar-refractivity contribution >= 4 is 27.5 Å². The van der Waals surface area contributed by atoms with Crippen LogP contribution in [0.1, 0.15) is 15.9 Å². The maximum absolute atomic E-state index is 11.9. The lowest BCUT2D eigenvalue weighted by atomic mass is 10.2. The third-order valence-corrected chi connectivity index (χ3v) is 2.86. The number of carbonyl (C=O) groups is 1. The van der Waals surface area contributed by atoms with Crippen molar-refractivity contribution in [3.63, 3.8) is 0 Å². The summed E-state index contributed by atoms with van der Waals surface area (Å²) in [4.78, 5) is 11.9. The molecule has 0 aliphatic heterocycles. The van der Waals surface area contributed by atoms with Crippen LogP contribution in [0.2, 0.25) is 0 Å². The highest BCUT2D eigenvalue weighted by Crippen LogP contribution is 2.14. The fraction of sp³-hybridized carbons (Fsp3) is 0.0714. The quantitative estimate of drug-likeness (QED) is 0.889. The van der Waals surface area contributed by atoms with Gasteiger partial charge in [0.25, 0.3) is 5.91 Å². The van der Waals surface area contributed by atoms with Crippen molar-refractivity contribution in [2.75, 3.05) is 5.32 Å². The smallest absolute Gasteiger partial charge is 0.255 e. The molecule has 86 valence electrons. The summed E-state index contributed by atoms with van der Waals surface area (Å²) in [5.74, 6) is -0.100. The van der Waals surface area contributed by atoms with Gasteiger partial charge in [0.1, 0.15) is 0 Å². The van der Waals surface area contributed by atoms with E-state index in [4.69, 9.17) is 0 Å². The number of benzene rings is 2. The highest BCUT2D eigenvalue weighted by molar-refractivity contribution is 9.10. The van der Waals surface area contributed by atoms with Gasteiger partial charge in [-0.05, 0) is 42.8 Å². The molecule has 2 rings (SSSR count). The summed E-state index contributed by atoms with van der Waals surface area (Å²) < 4.78 is 0.898. The second-order valence-electron chi connectivity index (χ2n) is 3.83. The van der Waals surface area contributed by atoms with Crippen molar-refractivity contribution in [1.29, 1.82) is 0 Å². The fourth-order valence-electron chi connectivity index (χ4n) is 1.56. The topological polar surface area (TPSA) is 29.1 Å². The molecule has 17 heavy (non-hydrogen) atoms. The van der Waals surface area contributed by atoms with Crippen LogP contribution < -0.4 is 5.32 Å². The molecule has 0 aliphatic carbocycles. The van der Waals surface area contributed by atoms with E-state index in [-0.39, 0.29) is 5.91 Å². The Morgan fingerprint density at radius 3 is 2.59 bits per heavy atom. The number of carbonyl (C=O) groups excluding carboxylic acids is 1. The van der Waals surface area contributed by atoms with E-state index in [1.54, 1.807) is 12.1 Å². The van der Waals surface area contributed by atoms with E-state index in [9.17, 15) is 4.79 Å². The third kappa shape index (κ3) is 3.17. The number of hydrogen-bond donors (Lipinski definition) is 1. The number of amides is 1. The Morgan fingerprint density at radius 1 is 1.12 bits per heavy atom. The minimum Gasteiger partial charge on any atom is -0.322 e. The minimum atomic E-state index is -0.100. The Morgan fingerprint density at radius 2 is 1.88 bits per heavy atom. The van der Waals surface area contributed by atoms with Crippen molar-refractivity contribution < 1.29 is 4.79 Å². The van der Waals surface area contributed by atoms with Gasteiger partial charge in [-0.1, -0.05) is 34.1 Å². The van der Waals surface area contributed by atoms with Crippen molar-refractivity contribution in [1.82, 2.24) is 0 Å². The molecule has 0 saturated carbocycles. The molecule has 0 aliphatic rings. The molecule has 2 nitrogen and oxygen atoms in total. The summed E-state index contributed by atoms with van der Waals surface area (Å²) in [6.45, 7) is 1.99. The lowest BCUT2D eigenvalue weighted by molar-refractivity contribution is 0.102. The summed E-state index contributed by atoms with van der Waals surface area (Å²) in [6.07, 6.45) is 0. The van der Waals surface area contributed by atoms with E-state index in [1.165, 1.54) is 0 Å². The van der Waals surface area contributed by atoms with Crippen LogP contribution >= 0.6 is 15.9 Å². The van der Waals surface area contributed by atoms with Gasteiger partial charge < -0.3 is 5.32 Å². The van der Waals surface area contributed by atoms with Gasteiger partial charge in [-0.3, -0.25) is 4.79 Å². The van der Waals surface area contributed by atoms with Crippen molar-refractivity contribution in [3.8, 4) is 0 Å². The van der Waals surface area contributed by atoms with Gasteiger partial charge in [0.15, 0.2) is 0 Å². The van der Waals surface area contributed by atoms with E-state index in [2.05, 4.69) is 21.2 Å². The molecule has 0 saturated heterocycles. The molecule has 0 spiro atoms. The Kier molecular flexibility index (Phi) is 3.59. The predicted octanol–water partition coefficient (Wildman–Crippen LogP) is 4.01. The standard InChI is InChI=1S/C14H12BrNO/c1-10-4-2-7-13(8-10)16-14(17)11-5-3-6-12(15)9-11/h2-9H,1H3,(H,16,17). The maximum Gasteiger partial charge on any atom is 0.255 e. The molecule has 0 heterocycles. The van der Waals surface area contributed by atoms with E-state index in [0.717, 1.165) is 15.7 Å². The van der Waals surface area contributed by atoms with Gasteiger partial charge in [0, 0.05) is 15.7 Å². The normalized spacial score (nSPS) is 10.0. The van der Waals surface area contributed by atoms with Crippen LogP contribution in [0.3, 0.4) is 0 Å². The SMILES string of the molecule is Cc1cccc(NC(=O)c2cccc(Br)c2)c1. The molecule has 2 aromatic carbocycles. The first-order chi connectivity index (χ1) is 8.15. The van der Waals surface area contributed by atoms with E-state index < -0.39 is 0 Å². The van der Waals surface area contributed by atoms with Crippen molar-refractivity contribution in [2.45, 2.75) is 6.92 Å². The molecule has 0 unspecified atom stereocenters. The Bertz CT molecular complexity index is 551. The van der Waals surface area contributed by atoms with Gasteiger partial charge in [-0.15, -0.1) is 0 Å². The summed E-state index contributed by atoms with van der Waals surface area (Å²) >= 11 is 3.35. The van der Waals surface area contributed by atoms with Gasteiger partial charge in [0.05, 0.1) is 0 Å². The first kappa shape index (κ1) is 11.9. The Labute approximate surface area is 109 Å². The second kappa shape index (κ2) is 5.15. The fourth-order valence-corrected chi connectivity index (χ4v) is 1.96. The van der Waals surface area contributed by atoms with Gasteiger partial charge in [0.2, 0.25) is 0 Å². The minimum absolute atomic E-state index is 0.100. The number of hydrogen-bond acceptors (Lipinski definition) is 1. The Balaban J connectivity index is 2.17. The molecule has 3 heteroatoms. The number of nitrogens with one attached hydrogen (secondary N) is 1. The van der Waals surface area contributed by atoms with E-state index in [1.807, 2.05) is 43.3 Å². The first-order valence-corrected chi connectivity index (χ1v) is 6.08. The summed E-state index contributed by atoms with van der Waals surface area (Å²) in [5, 5.41) is 2.87. The van der Waals surface area contributed by atoms with Crippen molar-refractivity contribution in [3.05, 3.63) is 64.1 Å². The molecular weight excluding hydrogens is 278 g/mol. The van der Waals surface area contributed by atoms with Crippen LogP contribution in [0.15, 0.2) is 53.0 Å². The first-order valence-electron chi connectivity index (χ1n) is 5.29. The van der Waals surface area contributed by atoms with Gasteiger partial charge in [-0.25, -0.2) is 0 Å². The number of anilines is 1. The van der Waals surface area contributed by atoms with Crippen LogP contribution in [0, 0.1) is 6.92 Å². The van der Waals surface area contributed by atoms with Gasteiger partial charge >= 0.3 is 0 Å². The van der Waals surface area contributed by atoms with E-state index >= 15 is 0 Å². The number of halogens is 1. The average molecular weight is 290 g/mol. The molecule has 0 atom stereocenters. The zero-order valence-electron chi connectivity index (χ0n) is 9.41. The lowest BCUT2D eigenvalue weighted by Crippen LogP contribution is -2.11. The Hall–Kier alpha value is -1.61. The third-order valence-electron chi connectivity index (χ3n) is 2.36. The molecule has 1 amide bonds. The average Bonchev–Trinajstić information content (AvgIpc) is 2.29. The summed E-state index contributed by atoms with van der Waals surface area (Å²) in [7, 11) is 0. The highest BCUT2D eigenvalue weighted by atomic mass is 79.9. The molecular formula is C14H12BrNO. The second-order valence-corrected chi connectivity index (χ2v) is 4.75. The van der Waals surface area contributed by atoms with Crippen LogP contribution in [0.5, 0.6) is 0 Å². The van der Waals surface area contributed by atoms with Crippen LogP contribution in [-0.4, -0.2) is 5.91 Å². The summed E-state index contributed by atoms with van der Waals surface area (Å²) in [6, 6.07) is 15.1. The largest absolute Gasteiger partial charge is 0.322 e. The monoisotopic (exact) mass is 289 g/mol. The molecule has 0 aromatic heterocycles. The maximum atomic E-state index is 11.9. The molecule has 0 fully saturated rings. The number of aryl methyl sites for hydroxylation is 1. The molecule has 1 N–H and O–H groups in total. The van der Waals surface area contributed by atoms with Crippen LogP contribution in [-0.2, 0) is 0 Å². The molecule has 2 aromatic rings. The van der Waals surface area contributed by atoms with Crippen LogP contribution in [0.4, 0.5) is 5.69 Å². The molecule has 0 bridgehead atoms. The van der Waals surface area contributed by atoms with Crippen LogP contribution in [0.25, 0.3) is 0 Å². The predicted molar refractivity (Wildman–Crippen MR) is 73.3 cm³/mol.